The highest BCUT2D eigenvalue weighted by molar-refractivity contribution is 5.95. The molecule has 0 fully saturated rings. The third kappa shape index (κ3) is 3.31. The fraction of sp³-hybridized carbons (Fsp3) is 0.278. The molecule has 4 rings (SSSR count). The van der Waals surface area contributed by atoms with Crippen LogP contribution < -0.4 is 0 Å². The van der Waals surface area contributed by atoms with E-state index in [0.29, 0.717) is 17.8 Å². The van der Waals surface area contributed by atoms with Crippen molar-refractivity contribution in [2.24, 2.45) is 7.05 Å². The number of rotatable bonds is 6. The van der Waals surface area contributed by atoms with Crippen LogP contribution in [0.2, 0.25) is 0 Å². The smallest absolute Gasteiger partial charge is 0.343 e. The van der Waals surface area contributed by atoms with E-state index in [1.165, 1.54) is 6.20 Å². The number of aryl methyl sites for hydroxylation is 3. The molecule has 0 atom stereocenters. The van der Waals surface area contributed by atoms with Crippen LogP contribution >= 0.6 is 0 Å². The Balaban J connectivity index is 1.59. The van der Waals surface area contributed by atoms with Crippen LogP contribution in [-0.4, -0.2) is 46.5 Å². The minimum atomic E-state index is -0.425. The van der Waals surface area contributed by atoms with Gasteiger partial charge in [-0.1, -0.05) is 0 Å². The number of hydrogen-bond acceptors (Lipinski definition) is 6. The standard InChI is InChI=1S/C18H19N7O2/c1-3-27-18(26)15-10-22-25-12-14(9-20-17(15)25)16-19-5-7-24(16)6-4-13-8-21-23(2)11-13/h5,7-12H,3-4,6H2,1-2H3. The molecule has 0 amide bonds. The zero-order valence-electron chi connectivity index (χ0n) is 15.1. The Morgan fingerprint density at radius 2 is 2.04 bits per heavy atom. The highest BCUT2D eigenvalue weighted by Crippen LogP contribution is 2.19. The summed E-state index contributed by atoms with van der Waals surface area (Å²) in [5.74, 6) is 0.368. The molecular formula is C18H19N7O2. The second kappa shape index (κ2) is 7.02. The van der Waals surface area contributed by atoms with Crippen LogP contribution in [0, 0.1) is 0 Å². The van der Waals surface area contributed by atoms with Gasteiger partial charge in [0.1, 0.15) is 11.4 Å². The van der Waals surface area contributed by atoms with Crippen molar-refractivity contribution < 1.29 is 9.53 Å². The summed E-state index contributed by atoms with van der Waals surface area (Å²) in [6.07, 6.45) is 13.4. The van der Waals surface area contributed by atoms with Gasteiger partial charge in [0.25, 0.3) is 0 Å². The Morgan fingerprint density at radius 1 is 1.15 bits per heavy atom. The van der Waals surface area contributed by atoms with Gasteiger partial charge in [0.15, 0.2) is 5.65 Å². The molecule has 0 aliphatic carbocycles. The maximum Gasteiger partial charge on any atom is 0.343 e. The first-order chi connectivity index (χ1) is 13.2. The summed E-state index contributed by atoms with van der Waals surface area (Å²) in [6, 6.07) is 0. The van der Waals surface area contributed by atoms with Crippen LogP contribution in [0.4, 0.5) is 0 Å². The largest absolute Gasteiger partial charge is 0.462 e. The molecule has 0 radical (unpaired) electrons. The lowest BCUT2D eigenvalue weighted by Gasteiger charge is -2.07. The first-order valence-electron chi connectivity index (χ1n) is 8.65. The summed E-state index contributed by atoms with van der Waals surface area (Å²) in [4.78, 5) is 20.8. The van der Waals surface area contributed by atoms with Crippen molar-refractivity contribution in [3.63, 3.8) is 0 Å². The van der Waals surface area contributed by atoms with E-state index in [9.17, 15) is 4.79 Å². The minimum Gasteiger partial charge on any atom is -0.462 e. The summed E-state index contributed by atoms with van der Waals surface area (Å²) in [7, 11) is 1.90. The number of fused-ring (bicyclic) bond motifs is 1. The molecule has 0 aromatic carbocycles. The van der Waals surface area contributed by atoms with Gasteiger partial charge in [-0.05, 0) is 18.9 Å². The average molecular weight is 365 g/mol. The maximum atomic E-state index is 12.0. The first-order valence-corrected chi connectivity index (χ1v) is 8.65. The molecule has 9 heteroatoms. The van der Waals surface area contributed by atoms with Gasteiger partial charge in [-0.25, -0.2) is 19.3 Å². The number of nitrogens with zero attached hydrogens (tertiary/aromatic N) is 7. The van der Waals surface area contributed by atoms with Gasteiger partial charge in [0.05, 0.1) is 24.6 Å². The molecule has 4 aromatic rings. The Kier molecular flexibility index (Phi) is 4.41. The second-order valence-electron chi connectivity index (χ2n) is 6.11. The Labute approximate surface area is 155 Å². The Bertz CT molecular complexity index is 1090. The molecule has 0 saturated carbocycles. The van der Waals surface area contributed by atoms with Crippen molar-refractivity contribution in [2.75, 3.05) is 6.61 Å². The van der Waals surface area contributed by atoms with Crippen LogP contribution in [0.3, 0.4) is 0 Å². The van der Waals surface area contributed by atoms with E-state index in [4.69, 9.17) is 4.74 Å². The zero-order chi connectivity index (χ0) is 18.8. The van der Waals surface area contributed by atoms with Crippen molar-refractivity contribution >= 4 is 11.6 Å². The summed E-state index contributed by atoms with van der Waals surface area (Å²) < 4.78 is 10.5. The molecule has 0 aliphatic rings. The van der Waals surface area contributed by atoms with Gasteiger partial charge in [-0.15, -0.1) is 0 Å². The first kappa shape index (κ1) is 17.0. The average Bonchev–Trinajstić information content (AvgIpc) is 3.38. The van der Waals surface area contributed by atoms with Gasteiger partial charge in [-0.2, -0.15) is 10.2 Å². The molecule has 9 nitrogen and oxygen atoms in total. The monoisotopic (exact) mass is 365 g/mol. The van der Waals surface area contributed by atoms with Crippen LogP contribution in [0.5, 0.6) is 0 Å². The SMILES string of the molecule is CCOC(=O)c1cnn2cc(-c3nccn3CCc3cnn(C)c3)cnc12. The van der Waals surface area contributed by atoms with Gasteiger partial charge < -0.3 is 9.30 Å². The van der Waals surface area contributed by atoms with Crippen molar-refractivity contribution in [3.05, 3.63) is 54.5 Å². The summed E-state index contributed by atoms with van der Waals surface area (Å²) in [6.45, 7) is 2.84. The Morgan fingerprint density at radius 3 is 2.81 bits per heavy atom. The van der Waals surface area contributed by atoms with E-state index in [1.54, 1.807) is 28.5 Å². The zero-order valence-corrected chi connectivity index (χ0v) is 15.1. The van der Waals surface area contributed by atoms with Crippen LogP contribution in [0.25, 0.3) is 17.0 Å². The van der Waals surface area contributed by atoms with Crippen molar-refractivity contribution in [1.82, 2.24) is 33.9 Å². The van der Waals surface area contributed by atoms with Crippen molar-refractivity contribution in [3.8, 4) is 11.4 Å². The number of esters is 1. The molecule has 0 unspecified atom stereocenters. The number of imidazole rings is 1. The van der Waals surface area contributed by atoms with E-state index in [-0.39, 0.29) is 0 Å². The maximum absolute atomic E-state index is 12.0. The lowest BCUT2D eigenvalue weighted by atomic mass is 10.2. The molecule has 0 aliphatic heterocycles. The lowest BCUT2D eigenvalue weighted by molar-refractivity contribution is 0.0528. The van der Waals surface area contributed by atoms with Gasteiger partial charge >= 0.3 is 5.97 Å². The fourth-order valence-corrected chi connectivity index (χ4v) is 2.94. The summed E-state index contributed by atoms with van der Waals surface area (Å²) >= 11 is 0. The summed E-state index contributed by atoms with van der Waals surface area (Å²) in [5, 5.41) is 8.42. The van der Waals surface area contributed by atoms with E-state index >= 15 is 0 Å². The van der Waals surface area contributed by atoms with Crippen LogP contribution in [0.15, 0.2) is 43.4 Å². The molecule has 27 heavy (non-hydrogen) atoms. The molecule has 0 N–H and O–H groups in total. The lowest BCUT2D eigenvalue weighted by Crippen LogP contribution is -2.06. The number of carbonyl (C=O) groups is 1. The molecule has 4 heterocycles. The van der Waals surface area contributed by atoms with Crippen molar-refractivity contribution in [2.45, 2.75) is 19.9 Å². The van der Waals surface area contributed by atoms with E-state index in [2.05, 4.69) is 24.7 Å². The topological polar surface area (TPSA) is 92.1 Å². The van der Waals surface area contributed by atoms with Gasteiger partial charge in [0, 0.05) is 44.6 Å². The summed E-state index contributed by atoms with van der Waals surface area (Å²) in [5.41, 5.74) is 2.79. The molecular weight excluding hydrogens is 346 g/mol. The predicted molar refractivity (Wildman–Crippen MR) is 97.1 cm³/mol. The second-order valence-corrected chi connectivity index (χ2v) is 6.11. The quantitative estimate of drug-likeness (QED) is 0.483. The number of carbonyl (C=O) groups excluding carboxylic acids is 1. The normalized spacial score (nSPS) is 11.2. The highest BCUT2D eigenvalue weighted by Gasteiger charge is 2.16. The molecule has 0 spiro atoms. The van der Waals surface area contributed by atoms with Gasteiger partial charge in [-0.3, -0.25) is 4.68 Å². The minimum absolute atomic E-state index is 0.308. The van der Waals surface area contributed by atoms with E-state index in [0.717, 1.165) is 29.9 Å². The predicted octanol–water partition coefficient (Wildman–Crippen LogP) is 1.75. The van der Waals surface area contributed by atoms with Gasteiger partial charge in [0.2, 0.25) is 0 Å². The van der Waals surface area contributed by atoms with Crippen molar-refractivity contribution in [1.29, 1.82) is 0 Å². The number of aromatic nitrogens is 7. The van der Waals surface area contributed by atoms with Crippen LogP contribution in [-0.2, 0) is 24.8 Å². The molecule has 0 bridgehead atoms. The van der Waals surface area contributed by atoms with E-state index < -0.39 is 5.97 Å². The molecule has 4 aromatic heterocycles. The fourth-order valence-electron chi connectivity index (χ4n) is 2.94. The highest BCUT2D eigenvalue weighted by atomic mass is 16.5. The number of ether oxygens (including phenoxy) is 1. The number of hydrogen-bond donors (Lipinski definition) is 0. The van der Waals surface area contributed by atoms with Crippen LogP contribution in [0.1, 0.15) is 22.8 Å². The third-order valence-corrected chi connectivity index (χ3v) is 4.23. The third-order valence-electron chi connectivity index (χ3n) is 4.23. The molecule has 138 valence electrons. The Hall–Kier alpha value is -3.49. The molecule has 0 saturated heterocycles. The van der Waals surface area contributed by atoms with E-state index in [1.807, 2.05) is 31.8 Å².